The predicted octanol–water partition coefficient (Wildman–Crippen LogP) is 4.19. The molecular formula is C21H20FNO3S. The van der Waals surface area contributed by atoms with Crippen molar-refractivity contribution >= 4 is 10.0 Å². The van der Waals surface area contributed by atoms with Crippen LogP contribution in [0, 0.1) is 12.7 Å². The van der Waals surface area contributed by atoms with Crippen molar-refractivity contribution in [2.24, 2.45) is 0 Å². The highest BCUT2D eigenvalue weighted by Gasteiger charge is 2.13. The number of benzene rings is 3. The fourth-order valence-electron chi connectivity index (χ4n) is 2.43. The fraction of sp³-hybridized carbons (Fsp3) is 0.143. The van der Waals surface area contributed by atoms with Gasteiger partial charge in [0.1, 0.15) is 18.2 Å². The average molecular weight is 385 g/mol. The maximum Gasteiger partial charge on any atom is 0.240 e. The molecule has 0 heterocycles. The Morgan fingerprint density at radius 2 is 1.44 bits per heavy atom. The van der Waals surface area contributed by atoms with Crippen molar-refractivity contribution in [1.82, 2.24) is 4.72 Å². The average Bonchev–Trinajstić information content (AvgIpc) is 2.67. The molecule has 4 nitrogen and oxygen atoms in total. The first-order valence-electron chi connectivity index (χ1n) is 8.45. The SMILES string of the molecule is Cc1ccc(S(=O)(=O)NCc2ccc(OCc3ccc(F)cc3)cc2)cc1. The van der Waals surface area contributed by atoms with Crippen molar-refractivity contribution in [1.29, 1.82) is 0 Å². The summed E-state index contributed by atoms with van der Waals surface area (Å²) in [5, 5.41) is 0. The molecule has 3 rings (SSSR count). The van der Waals surface area contributed by atoms with Crippen LogP contribution in [0.25, 0.3) is 0 Å². The van der Waals surface area contributed by atoms with E-state index in [1.165, 1.54) is 12.1 Å². The Balaban J connectivity index is 1.55. The quantitative estimate of drug-likeness (QED) is 0.663. The van der Waals surface area contributed by atoms with Gasteiger partial charge >= 0.3 is 0 Å². The molecule has 0 radical (unpaired) electrons. The van der Waals surface area contributed by atoms with Crippen molar-refractivity contribution < 1.29 is 17.5 Å². The van der Waals surface area contributed by atoms with Crippen LogP contribution >= 0.6 is 0 Å². The van der Waals surface area contributed by atoms with Gasteiger partial charge in [-0.25, -0.2) is 17.5 Å². The molecule has 0 bridgehead atoms. The van der Waals surface area contributed by atoms with Crippen LogP contribution in [0.2, 0.25) is 0 Å². The lowest BCUT2D eigenvalue weighted by Gasteiger charge is -2.09. The van der Waals surface area contributed by atoms with Gasteiger partial charge in [0, 0.05) is 6.54 Å². The monoisotopic (exact) mass is 385 g/mol. The molecular weight excluding hydrogens is 365 g/mol. The van der Waals surface area contributed by atoms with E-state index in [4.69, 9.17) is 4.74 Å². The highest BCUT2D eigenvalue weighted by atomic mass is 32.2. The summed E-state index contributed by atoms with van der Waals surface area (Å²) < 4.78 is 45.7. The maximum atomic E-state index is 12.9. The number of hydrogen-bond acceptors (Lipinski definition) is 3. The van der Waals surface area contributed by atoms with Gasteiger partial charge in [-0.1, -0.05) is 42.0 Å². The Morgan fingerprint density at radius 3 is 2.07 bits per heavy atom. The lowest BCUT2D eigenvalue weighted by atomic mass is 10.2. The van der Waals surface area contributed by atoms with E-state index in [1.54, 1.807) is 60.7 Å². The van der Waals surface area contributed by atoms with Crippen LogP contribution in [0.1, 0.15) is 16.7 Å². The van der Waals surface area contributed by atoms with Gasteiger partial charge in [-0.2, -0.15) is 0 Å². The van der Waals surface area contributed by atoms with Crippen LogP contribution < -0.4 is 9.46 Å². The number of aryl methyl sites for hydroxylation is 1. The van der Waals surface area contributed by atoms with Crippen LogP contribution in [-0.2, 0) is 23.2 Å². The molecule has 0 saturated carbocycles. The van der Waals surface area contributed by atoms with Crippen LogP contribution in [0.4, 0.5) is 4.39 Å². The van der Waals surface area contributed by atoms with Gasteiger partial charge in [-0.3, -0.25) is 0 Å². The molecule has 0 aromatic heterocycles. The lowest BCUT2D eigenvalue weighted by Crippen LogP contribution is -2.23. The third-order valence-corrected chi connectivity index (χ3v) is 5.46. The van der Waals surface area contributed by atoms with Gasteiger partial charge in [0.2, 0.25) is 10.0 Å². The van der Waals surface area contributed by atoms with E-state index >= 15 is 0 Å². The van der Waals surface area contributed by atoms with E-state index in [-0.39, 0.29) is 17.3 Å². The first-order chi connectivity index (χ1) is 12.9. The minimum Gasteiger partial charge on any atom is -0.489 e. The minimum absolute atomic E-state index is 0.189. The molecule has 3 aromatic carbocycles. The summed E-state index contributed by atoms with van der Waals surface area (Å²) in [6, 6.07) is 20.0. The van der Waals surface area contributed by atoms with Crippen LogP contribution in [0.5, 0.6) is 5.75 Å². The van der Waals surface area contributed by atoms with Crippen molar-refractivity contribution in [3.05, 3.63) is 95.3 Å². The molecule has 3 aromatic rings. The Hall–Kier alpha value is -2.70. The molecule has 0 saturated heterocycles. The number of halogens is 1. The van der Waals surface area contributed by atoms with E-state index in [0.29, 0.717) is 12.4 Å². The zero-order chi connectivity index (χ0) is 19.3. The third kappa shape index (κ3) is 5.39. The zero-order valence-electron chi connectivity index (χ0n) is 14.9. The molecule has 0 spiro atoms. The minimum atomic E-state index is -3.55. The molecule has 0 aliphatic carbocycles. The molecule has 6 heteroatoms. The van der Waals surface area contributed by atoms with Gasteiger partial charge in [-0.05, 0) is 54.4 Å². The standard InChI is InChI=1S/C21H20FNO3S/c1-16-2-12-21(13-3-16)27(24,25)23-14-17-6-10-20(11-7-17)26-15-18-4-8-19(22)9-5-18/h2-13,23H,14-15H2,1H3. The van der Waals surface area contributed by atoms with Crippen molar-refractivity contribution in [2.45, 2.75) is 25.0 Å². The molecule has 0 fully saturated rings. The van der Waals surface area contributed by atoms with E-state index in [0.717, 1.165) is 16.7 Å². The number of ether oxygens (including phenoxy) is 1. The highest BCUT2D eigenvalue weighted by molar-refractivity contribution is 7.89. The van der Waals surface area contributed by atoms with Gasteiger partial charge in [0.25, 0.3) is 0 Å². The van der Waals surface area contributed by atoms with Gasteiger partial charge in [0.05, 0.1) is 4.90 Å². The van der Waals surface area contributed by atoms with Gasteiger partial charge in [0.15, 0.2) is 0 Å². The van der Waals surface area contributed by atoms with Gasteiger partial charge in [-0.15, -0.1) is 0 Å². The van der Waals surface area contributed by atoms with Crippen molar-refractivity contribution in [2.75, 3.05) is 0 Å². The molecule has 140 valence electrons. The third-order valence-electron chi connectivity index (χ3n) is 4.04. The summed E-state index contributed by atoms with van der Waals surface area (Å²) >= 11 is 0. The molecule has 0 aliphatic rings. The van der Waals surface area contributed by atoms with Crippen molar-refractivity contribution in [3.63, 3.8) is 0 Å². The first-order valence-corrected chi connectivity index (χ1v) is 9.93. The lowest BCUT2D eigenvalue weighted by molar-refractivity contribution is 0.306. The maximum absolute atomic E-state index is 12.9. The molecule has 1 N–H and O–H groups in total. The number of rotatable bonds is 7. The molecule has 27 heavy (non-hydrogen) atoms. The van der Waals surface area contributed by atoms with Crippen LogP contribution in [-0.4, -0.2) is 8.42 Å². The highest BCUT2D eigenvalue weighted by Crippen LogP contribution is 2.16. The Labute approximate surface area is 158 Å². The molecule has 0 unspecified atom stereocenters. The molecule has 0 amide bonds. The molecule has 0 atom stereocenters. The number of sulfonamides is 1. The van der Waals surface area contributed by atoms with Crippen molar-refractivity contribution in [3.8, 4) is 5.75 Å². The second-order valence-electron chi connectivity index (χ2n) is 6.20. The predicted molar refractivity (Wildman–Crippen MR) is 102 cm³/mol. The largest absolute Gasteiger partial charge is 0.489 e. The second kappa shape index (κ2) is 8.33. The smallest absolute Gasteiger partial charge is 0.240 e. The fourth-order valence-corrected chi connectivity index (χ4v) is 3.45. The van der Waals surface area contributed by atoms with E-state index in [2.05, 4.69) is 4.72 Å². The Morgan fingerprint density at radius 1 is 0.852 bits per heavy atom. The van der Waals surface area contributed by atoms with Crippen LogP contribution in [0.3, 0.4) is 0 Å². The Kier molecular flexibility index (Phi) is 5.88. The zero-order valence-corrected chi connectivity index (χ0v) is 15.7. The van der Waals surface area contributed by atoms with Gasteiger partial charge < -0.3 is 4.74 Å². The number of nitrogens with one attached hydrogen (secondary N) is 1. The Bertz CT molecular complexity index is 983. The van der Waals surface area contributed by atoms with E-state index in [1.807, 2.05) is 6.92 Å². The number of hydrogen-bond donors (Lipinski definition) is 1. The summed E-state index contributed by atoms with van der Waals surface area (Å²) in [5.74, 6) is 0.376. The normalized spacial score (nSPS) is 11.3. The summed E-state index contributed by atoms with van der Waals surface area (Å²) in [4.78, 5) is 0.243. The first kappa shape index (κ1) is 19.1. The topological polar surface area (TPSA) is 55.4 Å². The van der Waals surface area contributed by atoms with E-state index < -0.39 is 10.0 Å². The molecule has 0 aliphatic heterocycles. The summed E-state index contributed by atoms with van der Waals surface area (Å²) in [5.41, 5.74) is 2.69. The van der Waals surface area contributed by atoms with Crippen LogP contribution in [0.15, 0.2) is 77.7 Å². The van der Waals surface area contributed by atoms with E-state index in [9.17, 15) is 12.8 Å². The summed E-state index contributed by atoms with van der Waals surface area (Å²) in [7, 11) is -3.55. The second-order valence-corrected chi connectivity index (χ2v) is 7.96. The summed E-state index contributed by atoms with van der Waals surface area (Å²) in [6.45, 7) is 2.43. The summed E-state index contributed by atoms with van der Waals surface area (Å²) in [6.07, 6.45) is 0.